The van der Waals surface area contributed by atoms with E-state index < -0.39 is 17.7 Å². The maximum atomic E-state index is 13.5. The third-order valence-corrected chi connectivity index (χ3v) is 6.43. The van der Waals surface area contributed by atoms with Gasteiger partial charge in [0.15, 0.2) is 0 Å². The molecule has 0 bridgehead atoms. The van der Waals surface area contributed by atoms with Crippen LogP contribution in [0.3, 0.4) is 0 Å². The van der Waals surface area contributed by atoms with Gasteiger partial charge in [-0.1, -0.05) is 67.6 Å². The number of carbonyl (C=O) groups excluding carboxylic acids is 3. The number of rotatable bonds is 10. The average molecular weight is 534 g/mol. The summed E-state index contributed by atoms with van der Waals surface area (Å²) in [6.07, 6.45) is 0.484. The van der Waals surface area contributed by atoms with Gasteiger partial charge in [-0.2, -0.15) is 5.26 Å². The standard InChI is InChI=1S/C28H35N7O4/c1-21(12-14-32-26(33-25(30)37)34-27(38)39-18-23-10-6-3-7-11-23)16-24(36)35(17-22-8-4-2-5-9-22)28(19-29)13-15-31-20-28/h2-11,21,31H,12-18,20H2,1H3,(H4,30,32,33,34,37,38). The Balaban J connectivity index is 1.57. The van der Waals surface area contributed by atoms with Crippen molar-refractivity contribution in [3.8, 4) is 6.07 Å². The largest absolute Gasteiger partial charge is 0.444 e. The number of alkyl carbamates (subject to hydrolysis) is 1. The summed E-state index contributed by atoms with van der Waals surface area (Å²) in [5.74, 6) is -0.326. The van der Waals surface area contributed by atoms with E-state index in [1.165, 1.54) is 0 Å². The number of amides is 4. The molecule has 3 rings (SSSR count). The van der Waals surface area contributed by atoms with E-state index in [4.69, 9.17) is 10.5 Å². The molecule has 5 N–H and O–H groups in total. The van der Waals surface area contributed by atoms with E-state index >= 15 is 0 Å². The van der Waals surface area contributed by atoms with Crippen molar-refractivity contribution in [3.05, 3.63) is 71.8 Å². The van der Waals surface area contributed by atoms with Gasteiger partial charge >= 0.3 is 12.1 Å². The van der Waals surface area contributed by atoms with Crippen LogP contribution in [0.4, 0.5) is 9.59 Å². The van der Waals surface area contributed by atoms with Crippen molar-refractivity contribution >= 4 is 24.0 Å². The van der Waals surface area contributed by atoms with Crippen molar-refractivity contribution in [3.63, 3.8) is 0 Å². The fourth-order valence-corrected chi connectivity index (χ4v) is 4.30. The van der Waals surface area contributed by atoms with E-state index in [0.29, 0.717) is 32.5 Å². The first-order valence-corrected chi connectivity index (χ1v) is 12.9. The third-order valence-electron chi connectivity index (χ3n) is 6.43. The van der Waals surface area contributed by atoms with Gasteiger partial charge in [0, 0.05) is 26.1 Å². The molecule has 1 saturated heterocycles. The number of aliphatic imine (C=N–C) groups is 1. The number of ether oxygens (including phenoxy) is 1. The summed E-state index contributed by atoms with van der Waals surface area (Å²) >= 11 is 0. The van der Waals surface area contributed by atoms with Crippen LogP contribution in [0.25, 0.3) is 0 Å². The first kappa shape index (κ1) is 29.1. The number of nitrogens with zero attached hydrogens (tertiary/aromatic N) is 3. The highest BCUT2D eigenvalue weighted by molar-refractivity contribution is 6.02. The molecule has 0 radical (unpaired) electrons. The molecule has 11 nitrogen and oxygen atoms in total. The van der Waals surface area contributed by atoms with Gasteiger partial charge in [-0.3, -0.25) is 20.4 Å². The molecule has 2 aromatic rings. The van der Waals surface area contributed by atoms with E-state index in [-0.39, 0.29) is 37.4 Å². The molecule has 2 aromatic carbocycles. The zero-order valence-corrected chi connectivity index (χ0v) is 22.1. The van der Waals surface area contributed by atoms with E-state index in [1.54, 1.807) is 4.90 Å². The van der Waals surface area contributed by atoms with Gasteiger partial charge in [0.05, 0.1) is 6.07 Å². The molecule has 1 heterocycles. The van der Waals surface area contributed by atoms with E-state index in [0.717, 1.165) is 11.1 Å². The van der Waals surface area contributed by atoms with Crippen LogP contribution in [0.1, 0.15) is 37.3 Å². The highest BCUT2D eigenvalue weighted by Gasteiger charge is 2.42. The molecule has 4 amide bonds. The molecule has 1 aliphatic heterocycles. The second kappa shape index (κ2) is 14.5. The van der Waals surface area contributed by atoms with E-state index in [1.807, 2.05) is 67.6 Å². The number of carbonyl (C=O) groups is 3. The molecule has 0 aliphatic carbocycles. The molecule has 1 aliphatic rings. The lowest BCUT2D eigenvalue weighted by Crippen LogP contribution is -2.52. The Morgan fingerprint density at radius 2 is 1.79 bits per heavy atom. The van der Waals surface area contributed by atoms with Gasteiger partial charge in [0.2, 0.25) is 11.9 Å². The van der Waals surface area contributed by atoms with E-state index in [2.05, 4.69) is 27.0 Å². The SMILES string of the molecule is CC(CCN=C(NC(N)=O)NC(=O)OCc1ccccc1)CC(=O)N(Cc1ccccc1)C1(C#N)CCNC1. The van der Waals surface area contributed by atoms with Gasteiger partial charge in [-0.15, -0.1) is 0 Å². The molecule has 0 aromatic heterocycles. The van der Waals surface area contributed by atoms with Crippen LogP contribution >= 0.6 is 0 Å². The molecule has 0 saturated carbocycles. The van der Waals surface area contributed by atoms with Crippen LogP contribution in [0.15, 0.2) is 65.7 Å². The molecular formula is C28H35N7O4. The van der Waals surface area contributed by atoms with Gasteiger partial charge in [-0.25, -0.2) is 9.59 Å². The predicted molar refractivity (Wildman–Crippen MR) is 146 cm³/mol. The summed E-state index contributed by atoms with van der Waals surface area (Å²) in [5, 5.41) is 17.9. The van der Waals surface area contributed by atoms with Gasteiger partial charge in [-0.05, 0) is 36.4 Å². The third kappa shape index (κ3) is 9.12. The van der Waals surface area contributed by atoms with Crippen molar-refractivity contribution in [2.24, 2.45) is 16.6 Å². The molecule has 0 spiro atoms. The minimum Gasteiger partial charge on any atom is -0.444 e. The van der Waals surface area contributed by atoms with Crippen LogP contribution in [0.5, 0.6) is 0 Å². The maximum Gasteiger partial charge on any atom is 0.414 e. The number of nitrogens with two attached hydrogens (primary N) is 1. The summed E-state index contributed by atoms with van der Waals surface area (Å²) < 4.78 is 5.16. The van der Waals surface area contributed by atoms with Gasteiger partial charge in [0.25, 0.3) is 0 Å². The highest BCUT2D eigenvalue weighted by atomic mass is 16.5. The number of hydrogen-bond donors (Lipinski definition) is 4. The normalized spacial score (nSPS) is 17.5. The Morgan fingerprint density at radius 1 is 1.13 bits per heavy atom. The average Bonchev–Trinajstić information content (AvgIpc) is 3.41. The minimum absolute atomic E-state index is 0.0505. The lowest BCUT2D eigenvalue weighted by molar-refractivity contribution is -0.137. The number of nitriles is 1. The smallest absolute Gasteiger partial charge is 0.414 e. The summed E-state index contributed by atoms with van der Waals surface area (Å²) in [6, 6.07) is 20.3. The van der Waals surface area contributed by atoms with Crippen LogP contribution < -0.4 is 21.7 Å². The maximum absolute atomic E-state index is 13.5. The van der Waals surface area contributed by atoms with Crippen molar-refractivity contribution in [2.45, 2.75) is 44.9 Å². The lowest BCUT2D eigenvalue weighted by atomic mass is 9.94. The van der Waals surface area contributed by atoms with Crippen LogP contribution in [-0.4, -0.2) is 54.1 Å². The number of urea groups is 1. The van der Waals surface area contributed by atoms with Crippen LogP contribution in [-0.2, 0) is 22.7 Å². The fourth-order valence-electron chi connectivity index (χ4n) is 4.30. The minimum atomic E-state index is -0.895. The summed E-state index contributed by atoms with van der Waals surface area (Å²) in [4.78, 5) is 42.9. The summed E-state index contributed by atoms with van der Waals surface area (Å²) in [7, 11) is 0. The first-order chi connectivity index (χ1) is 18.8. The quantitative estimate of drug-likeness (QED) is 0.271. The fraction of sp³-hybridized carbons (Fsp3) is 0.393. The second-order valence-corrected chi connectivity index (χ2v) is 9.54. The second-order valence-electron chi connectivity index (χ2n) is 9.54. The Hall–Kier alpha value is -4.43. The molecule has 206 valence electrons. The molecule has 2 atom stereocenters. The van der Waals surface area contributed by atoms with Crippen molar-refractivity contribution < 1.29 is 19.1 Å². The summed E-state index contributed by atoms with van der Waals surface area (Å²) in [5.41, 5.74) is 6.07. The topological polar surface area (TPSA) is 162 Å². The van der Waals surface area contributed by atoms with E-state index in [9.17, 15) is 19.6 Å². The molecule has 2 unspecified atom stereocenters. The first-order valence-electron chi connectivity index (χ1n) is 12.9. The van der Waals surface area contributed by atoms with Gasteiger partial charge in [0.1, 0.15) is 12.1 Å². The Kier molecular flexibility index (Phi) is 10.8. The van der Waals surface area contributed by atoms with Crippen molar-refractivity contribution in [2.75, 3.05) is 19.6 Å². The number of primary amides is 1. The predicted octanol–water partition coefficient (Wildman–Crippen LogP) is 2.64. The Bertz CT molecular complexity index is 1180. The van der Waals surface area contributed by atoms with Crippen molar-refractivity contribution in [1.82, 2.24) is 20.9 Å². The summed E-state index contributed by atoms with van der Waals surface area (Å²) in [6.45, 7) is 3.63. The number of benzene rings is 2. The lowest BCUT2D eigenvalue weighted by Gasteiger charge is -2.36. The van der Waals surface area contributed by atoms with Crippen molar-refractivity contribution in [1.29, 1.82) is 5.26 Å². The number of guanidine groups is 1. The zero-order valence-electron chi connectivity index (χ0n) is 22.1. The zero-order chi connectivity index (χ0) is 28.1. The number of hydrogen-bond acceptors (Lipinski definition) is 7. The molecule has 39 heavy (non-hydrogen) atoms. The highest BCUT2D eigenvalue weighted by Crippen LogP contribution is 2.27. The molecule has 11 heteroatoms. The van der Waals surface area contributed by atoms with Crippen LogP contribution in [0.2, 0.25) is 0 Å². The monoisotopic (exact) mass is 533 g/mol. The molecular weight excluding hydrogens is 498 g/mol. The number of nitrogens with one attached hydrogen (secondary N) is 3. The van der Waals surface area contributed by atoms with Crippen LogP contribution in [0, 0.1) is 17.2 Å². The molecule has 1 fully saturated rings. The van der Waals surface area contributed by atoms with Gasteiger partial charge < -0.3 is 20.7 Å². The Labute approximate surface area is 228 Å². The Morgan fingerprint density at radius 3 is 2.38 bits per heavy atom.